The molecule has 0 aromatic heterocycles. The van der Waals surface area contributed by atoms with Gasteiger partial charge in [0.2, 0.25) is 0 Å². The first kappa shape index (κ1) is 23.2. The van der Waals surface area contributed by atoms with E-state index in [-0.39, 0.29) is 23.7 Å². The largest absolute Gasteiger partial charge is 0.493 e. The normalized spacial score (nSPS) is 11.0. The summed E-state index contributed by atoms with van der Waals surface area (Å²) in [6.45, 7) is 4.21. The van der Waals surface area contributed by atoms with Crippen molar-refractivity contribution in [1.29, 1.82) is 5.26 Å². The van der Waals surface area contributed by atoms with E-state index in [0.29, 0.717) is 17.9 Å². The first-order chi connectivity index (χ1) is 15.0. The lowest BCUT2D eigenvalue weighted by molar-refractivity contribution is -0.138. The fourth-order valence-electron chi connectivity index (χ4n) is 2.58. The molecule has 7 heteroatoms. The van der Waals surface area contributed by atoms with Gasteiger partial charge >= 0.3 is 11.9 Å². The molecule has 0 radical (unpaired) electrons. The Labute approximate surface area is 181 Å². The molecule has 0 unspecified atom stereocenters. The van der Waals surface area contributed by atoms with Gasteiger partial charge in [-0.25, -0.2) is 9.59 Å². The maximum absolute atomic E-state index is 12.3. The van der Waals surface area contributed by atoms with Crippen LogP contribution in [0, 0.1) is 11.3 Å². The van der Waals surface area contributed by atoms with Crippen molar-refractivity contribution in [3.8, 4) is 23.3 Å². The van der Waals surface area contributed by atoms with Crippen LogP contribution >= 0.6 is 0 Å². The first-order valence-corrected chi connectivity index (χ1v) is 9.61. The second kappa shape index (κ2) is 11.8. The van der Waals surface area contributed by atoms with E-state index in [1.54, 1.807) is 31.2 Å². The summed E-state index contributed by atoms with van der Waals surface area (Å²) in [6, 6.07) is 13.8. The van der Waals surface area contributed by atoms with Gasteiger partial charge in [0.15, 0.2) is 11.5 Å². The fraction of sp³-hybridized carbons (Fsp3) is 0.208. The lowest BCUT2D eigenvalue weighted by Gasteiger charge is -2.09. The standard InChI is InChI=1S/C24H23NO6/c1-4-29-20-9-7-6-8-18(20)11-13-23(26)31-21-12-10-17(15-22(21)28-3)14-19(16-25)24(27)30-5-2/h6-15H,4-5H2,1-3H3/b13-11+,19-14+. The highest BCUT2D eigenvalue weighted by atomic mass is 16.6. The highest BCUT2D eigenvalue weighted by molar-refractivity contribution is 5.98. The van der Waals surface area contributed by atoms with Crippen molar-refractivity contribution in [3.05, 3.63) is 65.2 Å². The minimum atomic E-state index is -0.711. The van der Waals surface area contributed by atoms with E-state index in [9.17, 15) is 9.59 Å². The maximum Gasteiger partial charge on any atom is 0.348 e. The van der Waals surface area contributed by atoms with Crippen molar-refractivity contribution in [2.75, 3.05) is 20.3 Å². The van der Waals surface area contributed by atoms with E-state index >= 15 is 0 Å². The summed E-state index contributed by atoms with van der Waals surface area (Å²) >= 11 is 0. The van der Waals surface area contributed by atoms with Crippen LogP contribution in [0.4, 0.5) is 0 Å². The van der Waals surface area contributed by atoms with Gasteiger partial charge in [-0.2, -0.15) is 5.26 Å². The predicted molar refractivity (Wildman–Crippen MR) is 115 cm³/mol. The third kappa shape index (κ3) is 6.75. The van der Waals surface area contributed by atoms with Gasteiger partial charge in [-0.05, 0) is 49.8 Å². The molecule has 0 N–H and O–H groups in total. The third-order valence-corrected chi connectivity index (χ3v) is 3.94. The van der Waals surface area contributed by atoms with Gasteiger partial charge in [-0.15, -0.1) is 0 Å². The third-order valence-electron chi connectivity index (χ3n) is 3.94. The van der Waals surface area contributed by atoms with Gasteiger partial charge in [0.1, 0.15) is 17.4 Å². The molecule has 0 aliphatic carbocycles. The van der Waals surface area contributed by atoms with Gasteiger partial charge in [0, 0.05) is 11.6 Å². The van der Waals surface area contributed by atoms with E-state index in [2.05, 4.69) is 0 Å². The molecule has 0 fully saturated rings. The monoisotopic (exact) mass is 421 g/mol. The smallest absolute Gasteiger partial charge is 0.348 e. The summed E-state index contributed by atoms with van der Waals surface area (Å²) in [5.74, 6) is -0.180. The average molecular weight is 421 g/mol. The van der Waals surface area contributed by atoms with Crippen molar-refractivity contribution in [3.63, 3.8) is 0 Å². The van der Waals surface area contributed by atoms with E-state index in [1.807, 2.05) is 31.2 Å². The summed E-state index contributed by atoms with van der Waals surface area (Å²) < 4.78 is 21.0. The molecule has 0 heterocycles. The zero-order valence-electron chi connectivity index (χ0n) is 17.6. The van der Waals surface area contributed by atoms with Crippen LogP contribution in [0.15, 0.2) is 54.1 Å². The van der Waals surface area contributed by atoms with Crippen LogP contribution in [0.25, 0.3) is 12.2 Å². The van der Waals surface area contributed by atoms with E-state index < -0.39 is 11.9 Å². The summed E-state index contributed by atoms with van der Waals surface area (Å²) in [7, 11) is 1.42. The first-order valence-electron chi connectivity index (χ1n) is 9.61. The van der Waals surface area contributed by atoms with Gasteiger partial charge < -0.3 is 18.9 Å². The second-order valence-corrected chi connectivity index (χ2v) is 6.03. The molecule has 0 atom stereocenters. The number of ether oxygens (including phenoxy) is 4. The minimum Gasteiger partial charge on any atom is -0.493 e. The number of benzene rings is 2. The number of esters is 2. The summed E-state index contributed by atoms with van der Waals surface area (Å²) in [5.41, 5.74) is 1.11. The number of carbonyl (C=O) groups excluding carboxylic acids is 2. The molecule has 0 bridgehead atoms. The second-order valence-electron chi connectivity index (χ2n) is 6.03. The Morgan fingerprint density at radius 2 is 1.81 bits per heavy atom. The highest BCUT2D eigenvalue weighted by Crippen LogP contribution is 2.29. The molecule has 0 aliphatic rings. The van der Waals surface area contributed by atoms with Gasteiger partial charge in [-0.1, -0.05) is 24.3 Å². The topological polar surface area (TPSA) is 94.9 Å². The van der Waals surface area contributed by atoms with Crippen molar-refractivity contribution < 1.29 is 28.5 Å². The van der Waals surface area contributed by atoms with Gasteiger partial charge in [-0.3, -0.25) is 0 Å². The van der Waals surface area contributed by atoms with E-state index in [1.165, 1.54) is 25.3 Å². The van der Waals surface area contributed by atoms with Crippen LogP contribution < -0.4 is 14.2 Å². The summed E-state index contributed by atoms with van der Waals surface area (Å²) in [5, 5.41) is 9.15. The van der Waals surface area contributed by atoms with E-state index in [4.69, 9.17) is 24.2 Å². The van der Waals surface area contributed by atoms with Gasteiger partial charge in [0.25, 0.3) is 0 Å². The van der Waals surface area contributed by atoms with Crippen LogP contribution in [-0.4, -0.2) is 32.3 Å². The Morgan fingerprint density at radius 3 is 2.48 bits per heavy atom. The predicted octanol–water partition coefficient (Wildman–Crippen LogP) is 4.18. The number of nitriles is 1. The highest BCUT2D eigenvalue weighted by Gasteiger charge is 2.12. The van der Waals surface area contributed by atoms with Crippen LogP contribution in [0.1, 0.15) is 25.0 Å². The molecular weight excluding hydrogens is 398 g/mol. The molecule has 0 saturated heterocycles. The molecule has 0 saturated carbocycles. The van der Waals surface area contributed by atoms with Crippen LogP contribution in [0.2, 0.25) is 0 Å². The zero-order chi connectivity index (χ0) is 22.6. The maximum atomic E-state index is 12.3. The SMILES string of the molecule is CCOC(=O)/C(C#N)=C/c1ccc(OC(=O)/C=C/c2ccccc2OCC)c(OC)c1. The van der Waals surface area contributed by atoms with Crippen molar-refractivity contribution in [1.82, 2.24) is 0 Å². The fourth-order valence-corrected chi connectivity index (χ4v) is 2.58. The molecule has 2 aromatic carbocycles. The molecule has 2 aromatic rings. The van der Waals surface area contributed by atoms with Crippen molar-refractivity contribution in [2.45, 2.75) is 13.8 Å². The van der Waals surface area contributed by atoms with Crippen LogP contribution in [0.3, 0.4) is 0 Å². The van der Waals surface area contributed by atoms with Crippen LogP contribution in [-0.2, 0) is 14.3 Å². The number of methoxy groups -OCH3 is 1. The zero-order valence-corrected chi connectivity index (χ0v) is 17.6. The number of rotatable bonds is 9. The molecule has 0 spiro atoms. The van der Waals surface area contributed by atoms with Gasteiger partial charge in [0.05, 0.1) is 20.3 Å². The van der Waals surface area contributed by atoms with Crippen LogP contribution in [0.5, 0.6) is 17.2 Å². The number of hydrogen-bond acceptors (Lipinski definition) is 7. The molecule has 31 heavy (non-hydrogen) atoms. The minimum absolute atomic E-state index is 0.149. The molecule has 160 valence electrons. The average Bonchev–Trinajstić information content (AvgIpc) is 2.78. The Kier molecular flexibility index (Phi) is 8.87. The Hall–Kier alpha value is -4.05. The Morgan fingerprint density at radius 1 is 1.03 bits per heavy atom. The molecule has 7 nitrogen and oxygen atoms in total. The molecular formula is C24H23NO6. The number of carbonyl (C=O) groups is 2. The molecule has 0 aliphatic heterocycles. The molecule has 0 amide bonds. The lowest BCUT2D eigenvalue weighted by atomic mass is 10.1. The van der Waals surface area contributed by atoms with Crippen molar-refractivity contribution >= 4 is 24.1 Å². The Bertz CT molecular complexity index is 1030. The summed E-state index contributed by atoms with van der Waals surface area (Å²) in [6.07, 6.45) is 4.27. The summed E-state index contributed by atoms with van der Waals surface area (Å²) in [4.78, 5) is 24.0. The number of hydrogen-bond donors (Lipinski definition) is 0. The van der Waals surface area contributed by atoms with Crippen molar-refractivity contribution in [2.24, 2.45) is 0 Å². The Balaban J connectivity index is 2.18. The lowest BCUT2D eigenvalue weighted by Crippen LogP contribution is -2.06. The van der Waals surface area contributed by atoms with E-state index in [0.717, 1.165) is 5.56 Å². The number of nitrogens with zero attached hydrogens (tertiary/aromatic N) is 1. The molecule has 2 rings (SSSR count). The number of para-hydroxylation sites is 1. The quantitative estimate of drug-likeness (QED) is 0.259.